The van der Waals surface area contributed by atoms with Crippen molar-refractivity contribution in [2.24, 2.45) is 4.99 Å². The largest absolute Gasteiger partial charge is 0.508 e. The molecule has 0 unspecified atom stereocenters. The summed E-state index contributed by atoms with van der Waals surface area (Å²) in [5.41, 5.74) is 3.52. The van der Waals surface area contributed by atoms with E-state index in [1.165, 1.54) is 11.8 Å². The molecule has 5 nitrogen and oxygen atoms in total. The number of phenolic OH excluding ortho intramolecular Hbond substituents is 1. The van der Waals surface area contributed by atoms with Crippen molar-refractivity contribution in [1.29, 1.82) is 0 Å². The lowest BCUT2D eigenvalue weighted by Crippen LogP contribution is -2.22. The molecular formula is C19H18N2O3S. The van der Waals surface area contributed by atoms with Gasteiger partial charge in [-0.25, -0.2) is 4.99 Å². The summed E-state index contributed by atoms with van der Waals surface area (Å²) in [6.07, 6.45) is 0.0718. The highest BCUT2D eigenvalue weighted by molar-refractivity contribution is 8.16. The third kappa shape index (κ3) is 3.91. The summed E-state index contributed by atoms with van der Waals surface area (Å²) in [5.74, 6) is -0.349. The molecule has 2 N–H and O–H groups in total. The normalized spacial score (nSPS) is 16.6. The van der Waals surface area contributed by atoms with E-state index in [-0.39, 0.29) is 24.0 Å². The average molecular weight is 354 g/mol. The number of benzene rings is 2. The van der Waals surface area contributed by atoms with E-state index in [4.69, 9.17) is 0 Å². The summed E-state index contributed by atoms with van der Waals surface area (Å²) in [6, 6.07) is 12.3. The fraction of sp³-hybridized carbons (Fsp3) is 0.211. The fourth-order valence-electron chi connectivity index (χ4n) is 2.62. The standard InChI is InChI=1S/C19H18N2O3S/c1-11-4-3-5-12(2)17(11)20-16(23)10-15-18(24)21-19(25-15)13-6-8-14(22)9-7-13/h3-9,15,22H,10H2,1-2H3,(H,20,23)/t15-/m0/s1. The number of nitrogens with zero attached hydrogens (tertiary/aromatic N) is 1. The van der Waals surface area contributed by atoms with E-state index < -0.39 is 5.25 Å². The van der Waals surface area contributed by atoms with Gasteiger partial charge < -0.3 is 10.4 Å². The Morgan fingerprint density at radius 2 is 1.80 bits per heavy atom. The van der Waals surface area contributed by atoms with Crippen LogP contribution < -0.4 is 5.32 Å². The van der Waals surface area contributed by atoms with Crippen LogP contribution in [-0.4, -0.2) is 27.2 Å². The molecule has 0 aromatic heterocycles. The first kappa shape index (κ1) is 17.2. The third-order valence-corrected chi connectivity index (χ3v) is 5.17. The number of hydrogen-bond donors (Lipinski definition) is 2. The number of aryl methyl sites for hydroxylation is 2. The predicted molar refractivity (Wildman–Crippen MR) is 100 cm³/mol. The zero-order chi connectivity index (χ0) is 18.0. The van der Waals surface area contributed by atoms with Crippen molar-refractivity contribution in [3.05, 3.63) is 59.2 Å². The summed E-state index contributed by atoms with van der Waals surface area (Å²) in [7, 11) is 0. The predicted octanol–water partition coefficient (Wildman–Crippen LogP) is 3.43. The van der Waals surface area contributed by atoms with Crippen molar-refractivity contribution in [2.45, 2.75) is 25.5 Å². The van der Waals surface area contributed by atoms with Gasteiger partial charge >= 0.3 is 0 Å². The van der Waals surface area contributed by atoms with Crippen molar-refractivity contribution in [1.82, 2.24) is 0 Å². The second-order valence-corrected chi connectivity index (χ2v) is 7.12. The van der Waals surface area contributed by atoms with Crippen LogP contribution in [0.25, 0.3) is 0 Å². The molecule has 0 radical (unpaired) electrons. The maximum absolute atomic E-state index is 12.3. The van der Waals surface area contributed by atoms with Crippen LogP contribution in [0.15, 0.2) is 47.5 Å². The van der Waals surface area contributed by atoms with Crippen LogP contribution >= 0.6 is 11.8 Å². The molecule has 0 saturated heterocycles. The van der Waals surface area contributed by atoms with Gasteiger partial charge in [0, 0.05) is 17.7 Å². The van der Waals surface area contributed by atoms with Gasteiger partial charge in [0.15, 0.2) is 0 Å². The Morgan fingerprint density at radius 3 is 2.44 bits per heavy atom. The van der Waals surface area contributed by atoms with Crippen LogP contribution in [0.1, 0.15) is 23.1 Å². The lowest BCUT2D eigenvalue weighted by Gasteiger charge is -2.12. The molecule has 1 heterocycles. The van der Waals surface area contributed by atoms with Crippen LogP contribution in [0.3, 0.4) is 0 Å². The van der Waals surface area contributed by atoms with Gasteiger partial charge in [-0.2, -0.15) is 0 Å². The Hall–Kier alpha value is -2.60. The molecule has 6 heteroatoms. The number of hydrogen-bond acceptors (Lipinski definition) is 4. The van der Waals surface area contributed by atoms with Gasteiger partial charge in [-0.3, -0.25) is 9.59 Å². The zero-order valence-corrected chi connectivity index (χ0v) is 14.8. The molecule has 2 aromatic carbocycles. The molecule has 1 aliphatic heterocycles. The number of anilines is 1. The van der Waals surface area contributed by atoms with Crippen molar-refractivity contribution < 1.29 is 14.7 Å². The van der Waals surface area contributed by atoms with Crippen LogP contribution in [0, 0.1) is 13.8 Å². The number of rotatable bonds is 4. The van der Waals surface area contributed by atoms with E-state index in [1.807, 2.05) is 32.0 Å². The van der Waals surface area contributed by atoms with Crippen LogP contribution in [0.5, 0.6) is 5.75 Å². The molecule has 1 aliphatic rings. The maximum atomic E-state index is 12.3. The van der Waals surface area contributed by atoms with Gasteiger partial charge in [0.05, 0.1) is 0 Å². The van der Waals surface area contributed by atoms with E-state index in [0.717, 1.165) is 22.4 Å². The Bertz CT molecular complexity index is 839. The van der Waals surface area contributed by atoms with Crippen molar-refractivity contribution in [3.8, 4) is 5.75 Å². The average Bonchev–Trinajstić information content (AvgIpc) is 2.92. The highest BCUT2D eigenvalue weighted by Gasteiger charge is 2.31. The van der Waals surface area contributed by atoms with E-state index in [9.17, 15) is 14.7 Å². The van der Waals surface area contributed by atoms with E-state index in [2.05, 4.69) is 10.3 Å². The topological polar surface area (TPSA) is 78.8 Å². The molecule has 3 rings (SSSR count). The Balaban J connectivity index is 1.65. The van der Waals surface area contributed by atoms with Gasteiger partial charge in [-0.1, -0.05) is 30.0 Å². The van der Waals surface area contributed by atoms with Gasteiger partial charge in [0.1, 0.15) is 16.0 Å². The van der Waals surface area contributed by atoms with Gasteiger partial charge in [-0.15, -0.1) is 0 Å². The Kier molecular flexibility index (Phi) is 4.90. The second-order valence-electron chi connectivity index (χ2n) is 5.93. The summed E-state index contributed by atoms with van der Waals surface area (Å²) in [4.78, 5) is 28.5. The molecule has 0 bridgehead atoms. The fourth-order valence-corrected chi connectivity index (χ4v) is 3.69. The number of phenols is 1. The third-order valence-electron chi connectivity index (χ3n) is 3.97. The molecule has 1 atom stereocenters. The van der Waals surface area contributed by atoms with Crippen LogP contribution in [0.4, 0.5) is 5.69 Å². The summed E-state index contributed by atoms with van der Waals surface area (Å²) >= 11 is 1.28. The number of carbonyl (C=O) groups excluding carboxylic acids is 2. The Labute approximate surface area is 150 Å². The minimum atomic E-state index is -0.520. The minimum Gasteiger partial charge on any atom is -0.508 e. The molecule has 0 aliphatic carbocycles. The van der Waals surface area contributed by atoms with Gasteiger partial charge in [0.25, 0.3) is 5.91 Å². The summed E-state index contributed by atoms with van der Waals surface area (Å²) in [6.45, 7) is 3.87. The maximum Gasteiger partial charge on any atom is 0.260 e. The van der Waals surface area contributed by atoms with E-state index in [0.29, 0.717) is 5.04 Å². The first-order valence-electron chi connectivity index (χ1n) is 7.88. The first-order chi connectivity index (χ1) is 11.9. The van der Waals surface area contributed by atoms with Crippen molar-refractivity contribution >= 4 is 34.3 Å². The second kappa shape index (κ2) is 7.11. The van der Waals surface area contributed by atoms with Crippen LogP contribution in [0.2, 0.25) is 0 Å². The molecular weight excluding hydrogens is 336 g/mol. The molecule has 2 aromatic rings. The highest BCUT2D eigenvalue weighted by atomic mass is 32.2. The molecule has 0 fully saturated rings. The molecule has 25 heavy (non-hydrogen) atoms. The van der Waals surface area contributed by atoms with Crippen molar-refractivity contribution in [2.75, 3.05) is 5.32 Å². The van der Waals surface area contributed by atoms with E-state index in [1.54, 1.807) is 24.3 Å². The lowest BCUT2D eigenvalue weighted by atomic mass is 10.1. The van der Waals surface area contributed by atoms with Gasteiger partial charge in [0.2, 0.25) is 5.91 Å². The number of thioether (sulfide) groups is 1. The SMILES string of the molecule is Cc1cccc(C)c1NC(=O)C[C@@H]1SC(c2ccc(O)cc2)=NC1=O. The smallest absolute Gasteiger partial charge is 0.260 e. The Morgan fingerprint density at radius 1 is 1.16 bits per heavy atom. The van der Waals surface area contributed by atoms with Crippen molar-refractivity contribution in [3.63, 3.8) is 0 Å². The zero-order valence-electron chi connectivity index (χ0n) is 13.9. The number of nitrogens with one attached hydrogen (secondary N) is 1. The summed E-state index contributed by atoms with van der Waals surface area (Å²) < 4.78 is 0. The number of amides is 2. The number of carbonyl (C=O) groups is 2. The quantitative estimate of drug-likeness (QED) is 0.882. The number of aliphatic imine (C=N–C) groups is 1. The van der Waals surface area contributed by atoms with Gasteiger partial charge in [-0.05, 0) is 49.2 Å². The molecule has 128 valence electrons. The first-order valence-corrected chi connectivity index (χ1v) is 8.76. The molecule has 2 amide bonds. The minimum absolute atomic E-state index is 0.0718. The highest BCUT2D eigenvalue weighted by Crippen LogP contribution is 2.30. The number of para-hydroxylation sites is 1. The number of aromatic hydroxyl groups is 1. The molecule has 0 saturated carbocycles. The van der Waals surface area contributed by atoms with E-state index >= 15 is 0 Å². The van der Waals surface area contributed by atoms with Crippen LogP contribution in [-0.2, 0) is 9.59 Å². The lowest BCUT2D eigenvalue weighted by molar-refractivity contribution is -0.121. The summed E-state index contributed by atoms with van der Waals surface area (Å²) in [5, 5.41) is 12.3. The monoisotopic (exact) mass is 354 g/mol. The molecule has 0 spiro atoms.